The van der Waals surface area contributed by atoms with Crippen LogP contribution in [0.25, 0.3) is 0 Å². The van der Waals surface area contributed by atoms with Crippen molar-refractivity contribution < 1.29 is 17.9 Å². The Morgan fingerprint density at radius 3 is 2.27 bits per heavy atom. The molecule has 88 valence electrons. The molecule has 1 aromatic rings. The van der Waals surface area contributed by atoms with Crippen molar-refractivity contribution in [3.05, 3.63) is 17.5 Å². The lowest BCUT2D eigenvalue weighted by Crippen LogP contribution is -2.11. The van der Waals surface area contributed by atoms with Gasteiger partial charge in [-0.1, -0.05) is 13.8 Å². The molecule has 1 rings (SSSR count). The molecule has 0 fully saturated rings. The minimum Gasteiger partial charge on any atom is -0.378 e. The topological polar surface area (TPSA) is 27.1 Å². The van der Waals surface area contributed by atoms with Gasteiger partial charge in [0.2, 0.25) is 0 Å². The quantitative estimate of drug-likeness (QED) is 0.772. The third-order valence-electron chi connectivity index (χ3n) is 1.51. The zero-order valence-electron chi connectivity index (χ0n) is 9.22. The maximum absolute atomic E-state index is 12.2. The molecule has 0 atom stereocenters. The number of aromatic nitrogens is 2. The molecule has 0 saturated heterocycles. The molecule has 3 nitrogen and oxygen atoms in total. The molecule has 0 N–H and O–H groups in total. The molecule has 0 spiro atoms. The number of ether oxygens (including phenoxy) is 1. The molecule has 1 aromatic heterocycles. The highest BCUT2D eigenvalue weighted by atomic mass is 19.4. The van der Waals surface area contributed by atoms with Gasteiger partial charge in [-0.05, 0) is 6.07 Å². The van der Waals surface area contributed by atoms with E-state index in [0.717, 1.165) is 10.7 Å². The Morgan fingerprint density at radius 2 is 1.93 bits per heavy atom. The van der Waals surface area contributed by atoms with Gasteiger partial charge in [0.1, 0.15) is 5.69 Å². The van der Waals surface area contributed by atoms with Gasteiger partial charge in [0.05, 0.1) is 12.3 Å². The maximum atomic E-state index is 12.2. The number of aryl methyl sites for hydroxylation is 1. The maximum Gasteiger partial charge on any atom is 0.433 e. The summed E-state index contributed by atoms with van der Waals surface area (Å²) in [6.07, 6.45) is -4.35. The van der Waals surface area contributed by atoms with Crippen molar-refractivity contribution in [3.63, 3.8) is 0 Å². The highest BCUT2D eigenvalue weighted by Gasteiger charge is 2.34. The fourth-order valence-electron chi connectivity index (χ4n) is 1.01. The summed E-state index contributed by atoms with van der Waals surface area (Å²) < 4.78 is 42.1. The number of hydrogen-bond donors (Lipinski definition) is 0. The fraction of sp³-hybridized carbons (Fsp3) is 0.667. The van der Waals surface area contributed by atoms with Crippen LogP contribution in [0.3, 0.4) is 0 Å². The lowest BCUT2D eigenvalue weighted by atomic mass is 10.3. The Hall–Kier alpha value is -1.04. The molecule has 1 heterocycles. The predicted molar refractivity (Wildman–Crippen MR) is 50.3 cm³/mol. The van der Waals surface area contributed by atoms with E-state index in [-0.39, 0.29) is 12.3 Å². The molecule has 6 heteroatoms. The van der Waals surface area contributed by atoms with Crippen LogP contribution in [-0.4, -0.2) is 16.9 Å². The van der Waals surface area contributed by atoms with Gasteiger partial charge in [-0.25, -0.2) is 0 Å². The van der Waals surface area contributed by atoms with E-state index in [4.69, 9.17) is 0 Å². The van der Waals surface area contributed by atoms with Crippen molar-refractivity contribution in [2.24, 2.45) is 7.05 Å². The Balaban J connectivity index is 0.000000921. The molecule has 0 saturated carbocycles. The zero-order chi connectivity index (χ0) is 12.1. The van der Waals surface area contributed by atoms with Crippen LogP contribution in [0, 0.1) is 0 Å². The van der Waals surface area contributed by atoms with Gasteiger partial charge < -0.3 is 4.74 Å². The van der Waals surface area contributed by atoms with Gasteiger partial charge in [-0.3, -0.25) is 4.68 Å². The molecule has 0 radical (unpaired) electrons. The summed E-state index contributed by atoms with van der Waals surface area (Å²) in [5.74, 6) is 0. The number of nitrogens with zero attached hydrogens (tertiary/aromatic N) is 2. The molecule has 0 amide bonds. The molecule has 0 aliphatic rings. The predicted octanol–water partition coefficient (Wildman–Crippen LogP) is 2.61. The van der Waals surface area contributed by atoms with Gasteiger partial charge in [-0.15, -0.1) is 0 Å². The second-order valence-electron chi connectivity index (χ2n) is 2.58. The van der Waals surface area contributed by atoms with Gasteiger partial charge in [-0.2, -0.15) is 18.3 Å². The lowest BCUT2D eigenvalue weighted by molar-refractivity contribution is -0.143. The average molecular weight is 224 g/mol. The van der Waals surface area contributed by atoms with E-state index in [2.05, 4.69) is 9.84 Å². The van der Waals surface area contributed by atoms with Crippen LogP contribution >= 0.6 is 0 Å². The largest absolute Gasteiger partial charge is 0.433 e. The van der Waals surface area contributed by atoms with E-state index >= 15 is 0 Å². The fourth-order valence-corrected chi connectivity index (χ4v) is 1.01. The average Bonchev–Trinajstić information content (AvgIpc) is 2.50. The minimum absolute atomic E-state index is 0.0872. The van der Waals surface area contributed by atoms with Gasteiger partial charge >= 0.3 is 6.18 Å². The Kier molecular flexibility index (Phi) is 5.35. The van der Waals surface area contributed by atoms with Gasteiger partial charge in [0.15, 0.2) is 0 Å². The first-order valence-electron chi connectivity index (χ1n) is 4.54. The SMILES string of the molecule is CC.COCc1cc(C(F)(F)F)n(C)n1. The molecule has 0 aliphatic carbocycles. The summed E-state index contributed by atoms with van der Waals surface area (Å²) in [4.78, 5) is 0. The van der Waals surface area contributed by atoms with Crippen molar-refractivity contribution in [2.45, 2.75) is 26.6 Å². The van der Waals surface area contributed by atoms with E-state index in [0.29, 0.717) is 0 Å². The summed E-state index contributed by atoms with van der Waals surface area (Å²) in [6.45, 7) is 4.09. The highest BCUT2D eigenvalue weighted by molar-refractivity contribution is 5.12. The first kappa shape index (κ1) is 14.0. The molecular weight excluding hydrogens is 209 g/mol. The highest BCUT2D eigenvalue weighted by Crippen LogP contribution is 2.29. The summed E-state index contributed by atoms with van der Waals surface area (Å²) in [5, 5.41) is 3.64. The van der Waals surface area contributed by atoms with E-state index in [1.807, 2.05) is 13.8 Å². The zero-order valence-corrected chi connectivity index (χ0v) is 9.22. The number of methoxy groups -OCH3 is 1. The van der Waals surface area contributed by atoms with Crippen LogP contribution < -0.4 is 0 Å². The first-order chi connectivity index (χ1) is 6.95. The molecule has 15 heavy (non-hydrogen) atoms. The second kappa shape index (κ2) is 5.75. The first-order valence-corrected chi connectivity index (χ1v) is 4.54. The van der Waals surface area contributed by atoms with Crippen molar-refractivity contribution in [2.75, 3.05) is 7.11 Å². The van der Waals surface area contributed by atoms with Crippen LogP contribution in [0.4, 0.5) is 13.2 Å². The van der Waals surface area contributed by atoms with E-state index in [9.17, 15) is 13.2 Å². The third kappa shape index (κ3) is 3.91. The summed E-state index contributed by atoms with van der Waals surface area (Å²) in [7, 11) is 2.66. The summed E-state index contributed by atoms with van der Waals surface area (Å²) in [6, 6.07) is 0.976. The minimum atomic E-state index is -4.35. The number of halogens is 3. The Morgan fingerprint density at radius 1 is 1.40 bits per heavy atom. The lowest BCUT2D eigenvalue weighted by Gasteiger charge is -2.04. The standard InChI is InChI=1S/C7H9F3N2O.C2H6/c1-12-6(7(8,9)10)3-5(11-12)4-13-2;1-2/h3H,4H2,1-2H3;1-2H3. The van der Waals surface area contributed by atoms with Crippen LogP contribution in [0.5, 0.6) is 0 Å². The molecule has 0 aliphatic heterocycles. The van der Waals surface area contributed by atoms with Crippen LogP contribution in [0.15, 0.2) is 6.07 Å². The molecule has 0 aromatic carbocycles. The summed E-state index contributed by atoms with van der Waals surface area (Å²) in [5.41, 5.74) is -0.489. The van der Waals surface area contributed by atoms with Crippen molar-refractivity contribution in [1.29, 1.82) is 0 Å². The van der Waals surface area contributed by atoms with Crippen LogP contribution in [0.1, 0.15) is 25.2 Å². The van der Waals surface area contributed by atoms with Crippen molar-refractivity contribution in [3.8, 4) is 0 Å². The Labute approximate surface area is 86.8 Å². The van der Waals surface area contributed by atoms with Gasteiger partial charge in [0.25, 0.3) is 0 Å². The smallest absolute Gasteiger partial charge is 0.378 e. The monoisotopic (exact) mass is 224 g/mol. The molecule has 0 bridgehead atoms. The van der Waals surface area contributed by atoms with Crippen molar-refractivity contribution >= 4 is 0 Å². The number of hydrogen-bond acceptors (Lipinski definition) is 2. The van der Waals surface area contributed by atoms with Gasteiger partial charge in [0, 0.05) is 14.2 Å². The number of rotatable bonds is 2. The second-order valence-corrected chi connectivity index (χ2v) is 2.58. The normalized spacial score (nSPS) is 10.9. The third-order valence-corrected chi connectivity index (χ3v) is 1.51. The van der Waals surface area contributed by atoms with Crippen molar-refractivity contribution in [1.82, 2.24) is 9.78 Å². The van der Waals surface area contributed by atoms with Crippen LogP contribution in [0.2, 0.25) is 0 Å². The molecule has 0 unspecified atom stereocenters. The van der Waals surface area contributed by atoms with E-state index < -0.39 is 11.9 Å². The number of alkyl halides is 3. The Bertz CT molecular complexity index is 294. The molecular formula is C9H15F3N2O. The van der Waals surface area contributed by atoms with E-state index in [1.165, 1.54) is 14.2 Å². The van der Waals surface area contributed by atoms with E-state index in [1.54, 1.807) is 0 Å². The van der Waals surface area contributed by atoms with Crippen LogP contribution in [-0.2, 0) is 24.6 Å². The summed E-state index contributed by atoms with van der Waals surface area (Å²) >= 11 is 0.